The Morgan fingerprint density at radius 2 is 1.67 bits per heavy atom. The lowest BCUT2D eigenvalue weighted by Crippen LogP contribution is -2.58. The summed E-state index contributed by atoms with van der Waals surface area (Å²) in [5, 5.41) is 0. The molecule has 2 aliphatic rings. The average Bonchev–Trinajstić information content (AvgIpc) is 2.55. The molecule has 1 aromatic carbocycles. The molecule has 6 heteroatoms. The number of nitrogens with two attached hydrogens (primary N) is 2. The molecular weight excluding hydrogens is 366 g/mol. The first-order valence-corrected chi connectivity index (χ1v) is 9.61. The van der Waals surface area contributed by atoms with Crippen molar-refractivity contribution < 1.29 is 0 Å². The molecule has 1 fully saturated rings. The van der Waals surface area contributed by atoms with Crippen LogP contribution in [-0.2, 0) is 12.8 Å². The van der Waals surface area contributed by atoms with Crippen molar-refractivity contribution in [2.24, 2.45) is 21.5 Å². The highest BCUT2D eigenvalue weighted by molar-refractivity contribution is 9.10. The van der Waals surface area contributed by atoms with E-state index in [1.54, 1.807) is 0 Å². The normalized spacial score (nSPS) is 20.0. The number of benzene rings is 1. The maximum Gasteiger partial charge on any atom is 0.220 e. The molecule has 4 N–H and O–H groups in total. The van der Waals surface area contributed by atoms with Crippen LogP contribution in [0, 0.1) is 0 Å². The summed E-state index contributed by atoms with van der Waals surface area (Å²) in [4.78, 5) is 11.3. The van der Waals surface area contributed by atoms with E-state index in [1.807, 2.05) is 0 Å². The smallest absolute Gasteiger partial charge is 0.220 e. The molecule has 1 heterocycles. The average molecular weight is 392 g/mol. The number of nitrogens with zero attached hydrogens (tertiary/aromatic N) is 3. The third kappa shape index (κ3) is 2.92. The molecule has 0 amide bonds. The van der Waals surface area contributed by atoms with Crippen LogP contribution >= 0.6 is 15.9 Å². The monoisotopic (exact) mass is 391 g/mol. The standard InChI is InChI=1S/C18H26BrN5/c1-3-12-10-14(19)11-13(4-2)15(12)24-17(21)22-16(20)23-18(24)8-6-5-7-9-18/h10-11H,3-9H2,1-2H3,(H4,20,21,22,23). The summed E-state index contributed by atoms with van der Waals surface area (Å²) in [5.41, 5.74) is 15.7. The van der Waals surface area contributed by atoms with E-state index in [2.05, 4.69) is 51.8 Å². The molecule has 0 saturated heterocycles. The molecule has 1 spiro atoms. The second kappa shape index (κ2) is 6.75. The minimum atomic E-state index is -0.379. The highest BCUT2D eigenvalue weighted by atomic mass is 79.9. The topological polar surface area (TPSA) is 80.0 Å². The summed E-state index contributed by atoms with van der Waals surface area (Å²) < 4.78 is 1.10. The van der Waals surface area contributed by atoms with E-state index in [-0.39, 0.29) is 5.66 Å². The second-order valence-electron chi connectivity index (χ2n) is 6.60. The maximum absolute atomic E-state index is 6.40. The summed E-state index contributed by atoms with van der Waals surface area (Å²) in [6.45, 7) is 4.35. The van der Waals surface area contributed by atoms with Gasteiger partial charge in [0, 0.05) is 4.47 Å². The van der Waals surface area contributed by atoms with Crippen LogP contribution in [0.25, 0.3) is 0 Å². The summed E-state index contributed by atoms with van der Waals surface area (Å²) in [5.74, 6) is 0.773. The predicted octanol–water partition coefficient (Wildman–Crippen LogP) is 3.68. The van der Waals surface area contributed by atoms with Crippen LogP contribution in [0.2, 0.25) is 0 Å². The van der Waals surface area contributed by atoms with E-state index in [9.17, 15) is 0 Å². The molecule has 1 aliphatic carbocycles. The van der Waals surface area contributed by atoms with E-state index in [4.69, 9.17) is 16.5 Å². The lowest BCUT2D eigenvalue weighted by Gasteiger charge is -2.47. The van der Waals surface area contributed by atoms with Gasteiger partial charge in [-0.3, -0.25) is 4.90 Å². The number of guanidine groups is 2. The first-order chi connectivity index (χ1) is 11.5. The molecule has 1 aromatic rings. The molecule has 24 heavy (non-hydrogen) atoms. The van der Waals surface area contributed by atoms with Gasteiger partial charge in [-0.1, -0.05) is 36.2 Å². The molecule has 0 unspecified atom stereocenters. The van der Waals surface area contributed by atoms with Crippen molar-refractivity contribution in [2.45, 2.75) is 64.5 Å². The Hall–Kier alpha value is -1.56. The Kier molecular flexibility index (Phi) is 4.85. The number of rotatable bonds is 3. The van der Waals surface area contributed by atoms with Gasteiger partial charge in [0.05, 0.1) is 5.69 Å². The lowest BCUT2D eigenvalue weighted by atomic mass is 9.86. The van der Waals surface area contributed by atoms with Gasteiger partial charge in [-0.2, -0.15) is 4.99 Å². The number of halogens is 1. The molecule has 1 saturated carbocycles. The van der Waals surface area contributed by atoms with Gasteiger partial charge in [0.15, 0.2) is 0 Å². The summed E-state index contributed by atoms with van der Waals surface area (Å²) in [7, 11) is 0. The second-order valence-corrected chi connectivity index (χ2v) is 7.51. The molecular formula is C18H26BrN5. The molecule has 5 nitrogen and oxygen atoms in total. The molecule has 0 aromatic heterocycles. The van der Waals surface area contributed by atoms with Gasteiger partial charge in [-0.15, -0.1) is 0 Å². The van der Waals surface area contributed by atoms with Crippen molar-refractivity contribution in [2.75, 3.05) is 4.90 Å². The van der Waals surface area contributed by atoms with Crippen molar-refractivity contribution in [1.29, 1.82) is 0 Å². The Morgan fingerprint density at radius 3 is 2.21 bits per heavy atom. The zero-order valence-electron chi connectivity index (χ0n) is 14.5. The number of hydrogen-bond donors (Lipinski definition) is 2. The van der Waals surface area contributed by atoms with Crippen LogP contribution in [0.3, 0.4) is 0 Å². The van der Waals surface area contributed by atoms with Gasteiger partial charge in [-0.25, -0.2) is 4.99 Å². The summed E-state index contributed by atoms with van der Waals surface area (Å²) >= 11 is 3.64. The van der Waals surface area contributed by atoms with E-state index in [0.29, 0.717) is 11.9 Å². The molecule has 0 radical (unpaired) electrons. The third-order valence-electron chi connectivity index (χ3n) is 5.07. The Balaban J connectivity index is 2.21. The van der Waals surface area contributed by atoms with E-state index < -0.39 is 0 Å². The van der Waals surface area contributed by atoms with Gasteiger partial charge in [-0.05, 0) is 61.8 Å². The van der Waals surface area contributed by atoms with Gasteiger partial charge in [0.1, 0.15) is 5.66 Å². The van der Waals surface area contributed by atoms with E-state index in [0.717, 1.165) is 43.0 Å². The fraction of sp³-hybridized carbons (Fsp3) is 0.556. The molecule has 130 valence electrons. The van der Waals surface area contributed by atoms with Crippen LogP contribution in [0.5, 0.6) is 0 Å². The van der Waals surface area contributed by atoms with Crippen molar-refractivity contribution >= 4 is 33.5 Å². The minimum Gasteiger partial charge on any atom is -0.369 e. The Morgan fingerprint density at radius 1 is 1.08 bits per heavy atom. The molecule has 0 atom stereocenters. The van der Waals surface area contributed by atoms with E-state index >= 15 is 0 Å². The van der Waals surface area contributed by atoms with Gasteiger partial charge < -0.3 is 11.5 Å². The highest BCUT2D eigenvalue weighted by Gasteiger charge is 2.43. The largest absolute Gasteiger partial charge is 0.369 e. The van der Waals surface area contributed by atoms with Crippen molar-refractivity contribution in [3.8, 4) is 0 Å². The van der Waals surface area contributed by atoms with Crippen LogP contribution < -0.4 is 16.4 Å². The summed E-state index contributed by atoms with van der Waals surface area (Å²) in [6.07, 6.45) is 7.31. The quantitative estimate of drug-likeness (QED) is 0.824. The van der Waals surface area contributed by atoms with Gasteiger partial charge in [0.25, 0.3) is 0 Å². The van der Waals surface area contributed by atoms with Crippen LogP contribution in [0.15, 0.2) is 26.6 Å². The van der Waals surface area contributed by atoms with Gasteiger partial charge >= 0.3 is 0 Å². The van der Waals surface area contributed by atoms with Crippen molar-refractivity contribution in [3.05, 3.63) is 27.7 Å². The Bertz CT molecular complexity index is 664. The maximum atomic E-state index is 6.40. The van der Waals surface area contributed by atoms with Crippen LogP contribution in [0.1, 0.15) is 57.1 Å². The number of anilines is 1. The zero-order chi connectivity index (χ0) is 17.3. The first kappa shape index (κ1) is 17.3. The number of aryl methyl sites for hydroxylation is 2. The minimum absolute atomic E-state index is 0.304. The predicted molar refractivity (Wildman–Crippen MR) is 104 cm³/mol. The lowest BCUT2D eigenvalue weighted by molar-refractivity contribution is 0.305. The number of hydrogen-bond acceptors (Lipinski definition) is 5. The molecule has 0 bridgehead atoms. The Labute approximate surface area is 152 Å². The van der Waals surface area contributed by atoms with E-state index in [1.165, 1.54) is 23.2 Å². The van der Waals surface area contributed by atoms with Crippen LogP contribution in [0.4, 0.5) is 5.69 Å². The highest BCUT2D eigenvalue weighted by Crippen LogP contribution is 2.42. The SMILES string of the molecule is CCc1cc(Br)cc(CC)c1N1C(N)=NC(N)=NC12CCCCC2. The molecule has 1 aliphatic heterocycles. The van der Waals surface area contributed by atoms with Crippen molar-refractivity contribution in [1.82, 2.24) is 0 Å². The number of aliphatic imine (C=N–C) groups is 2. The fourth-order valence-corrected chi connectivity index (χ4v) is 4.54. The molecule has 3 rings (SSSR count). The summed E-state index contributed by atoms with van der Waals surface area (Å²) in [6, 6.07) is 4.36. The fourth-order valence-electron chi connectivity index (χ4n) is 3.99. The van der Waals surface area contributed by atoms with Crippen molar-refractivity contribution in [3.63, 3.8) is 0 Å². The first-order valence-electron chi connectivity index (χ1n) is 8.81. The zero-order valence-corrected chi connectivity index (χ0v) is 16.1. The third-order valence-corrected chi connectivity index (χ3v) is 5.53. The van der Waals surface area contributed by atoms with Crippen LogP contribution in [-0.4, -0.2) is 17.6 Å². The van der Waals surface area contributed by atoms with Gasteiger partial charge in [0.2, 0.25) is 11.9 Å².